The molecule has 0 saturated heterocycles. The zero-order valence-corrected chi connectivity index (χ0v) is 12.4. The molecular weight excluding hydrogens is 270 g/mol. The molecule has 116 valence electrons. The number of carbonyl (C=O) groups is 2. The quantitative estimate of drug-likeness (QED) is 0.533. The van der Waals surface area contributed by atoms with Gasteiger partial charge in [-0.3, -0.25) is 9.59 Å². The number of hydrogen-bond donors (Lipinski definition) is 2. The smallest absolute Gasteiger partial charge is 0.305 e. The van der Waals surface area contributed by atoms with E-state index in [9.17, 15) is 14.7 Å². The summed E-state index contributed by atoms with van der Waals surface area (Å²) in [6, 6.07) is 9.96. The average molecular weight is 293 g/mol. The molecule has 1 rings (SSSR count). The molecule has 1 unspecified atom stereocenters. The van der Waals surface area contributed by atoms with Gasteiger partial charge in [-0.25, -0.2) is 0 Å². The van der Waals surface area contributed by atoms with E-state index in [1.54, 1.807) is 0 Å². The Morgan fingerprint density at radius 3 is 2.62 bits per heavy atom. The molecule has 0 aliphatic rings. The second kappa shape index (κ2) is 9.94. The minimum Gasteiger partial charge on any atom is -0.469 e. The van der Waals surface area contributed by atoms with E-state index in [4.69, 9.17) is 0 Å². The number of carbonyl (C=O) groups excluding carboxylic acids is 2. The maximum atomic E-state index is 11.6. The monoisotopic (exact) mass is 293 g/mol. The summed E-state index contributed by atoms with van der Waals surface area (Å²) in [6.45, 7) is 0.365. The van der Waals surface area contributed by atoms with Gasteiger partial charge in [0.05, 0.1) is 7.11 Å². The van der Waals surface area contributed by atoms with E-state index in [1.165, 1.54) is 12.7 Å². The lowest BCUT2D eigenvalue weighted by Crippen LogP contribution is -2.35. The molecule has 0 bridgehead atoms. The van der Waals surface area contributed by atoms with Crippen LogP contribution in [0.25, 0.3) is 0 Å². The third-order valence-corrected chi connectivity index (χ3v) is 3.17. The predicted molar refractivity (Wildman–Crippen MR) is 79.6 cm³/mol. The summed E-state index contributed by atoms with van der Waals surface area (Å²) >= 11 is 0. The summed E-state index contributed by atoms with van der Waals surface area (Å²) in [5.74, 6) is -0.680. The molecule has 0 aliphatic heterocycles. The number of methoxy groups -OCH3 is 1. The fraction of sp³-hybridized carbons (Fsp3) is 0.500. The third kappa shape index (κ3) is 7.46. The summed E-state index contributed by atoms with van der Waals surface area (Å²) in [7, 11) is 1.33. The Kier molecular flexibility index (Phi) is 8.12. The Morgan fingerprint density at radius 1 is 1.24 bits per heavy atom. The van der Waals surface area contributed by atoms with Crippen molar-refractivity contribution in [2.75, 3.05) is 13.7 Å². The van der Waals surface area contributed by atoms with Crippen molar-refractivity contribution in [1.82, 2.24) is 5.32 Å². The van der Waals surface area contributed by atoms with Gasteiger partial charge >= 0.3 is 5.97 Å². The van der Waals surface area contributed by atoms with E-state index in [0.717, 1.165) is 12.8 Å². The lowest BCUT2D eigenvalue weighted by molar-refractivity contribution is -0.141. The van der Waals surface area contributed by atoms with Crippen molar-refractivity contribution in [1.29, 1.82) is 0 Å². The average Bonchev–Trinajstić information content (AvgIpc) is 2.51. The Labute approximate surface area is 125 Å². The first-order chi connectivity index (χ1) is 10.1. The van der Waals surface area contributed by atoms with Crippen LogP contribution in [0.1, 0.15) is 31.2 Å². The maximum Gasteiger partial charge on any atom is 0.305 e. The zero-order chi connectivity index (χ0) is 15.5. The molecule has 0 radical (unpaired) electrons. The number of ether oxygens (including phenoxy) is 1. The number of aryl methyl sites for hydroxylation is 1. The molecule has 0 spiro atoms. The van der Waals surface area contributed by atoms with Gasteiger partial charge in [-0.2, -0.15) is 0 Å². The van der Waals surface area contributed by atoms with Crippen molar-refractivity contribution >= 4 is 11.9 Å². The lowest BCUT2D eigenvalue weighted by atomic mass is 10.1. The number of aliphatic hydroxyl groups excluding tert-OH is 1. The normalized spacial score (nSPS) is 11.7. The summed E-state index contributed by atoms with van der Waals surface area (Å²) in [4.78, 5) is 22.5. The van der Waals surface area contributed by atoms with Gasteiger partial charge < -0.3 is 15.2 Å². The highest BCUT2D eigenvalue weighted by Gasteiger charge is 2.14. The fourth-order valence-electron chi connectivity index (χ4n) is 1.94. The van der Waals surface area contributed by atoms with Crippen LogP contribution in [-0.2, 0) is 20.7 Å². The molecule has 5 heteroatoms. The topological polar surface area (TPSA) is 75.6 Å². The molecule has 0 fully saturated rings. The van der Waals surface area contributed by atoms with Gasteiger partial charge in [-0.1, -0.05) is 30.3 Å². The van der Waals surface area contributed by atoms with E-state index in [-0.39, 0.29) is 18.3 Å². The van der Waals surface area contributed by atoms with Gasteiger partial charge in [-0.15, -0.1) is 0 Å². The van der Waals surface area contributed by atoms with E-state index in [1.807, 2.05) is 30.3 Å². The highest BCUT2D eigenvalue weighted by Crippen LogP contribution is 2.06. The first-order valence-electron chi connectivity index (χ1n) is 7.20. The van der Waals surface area contributed by atoms with Gasteiger partial charge in [0.15, 0.2) is 0 Å². The summed E-state index contributed by atoms with van der Waals surface area (Å²) < 4.78 is 4.50. The van der Waals surface area contributed by atoms with Crippen molar-refractivity contribution in [3.8, 4) is 0 Å². The summed E-state index contributed by atoms with van der Waals surface area (Å²) in [5.41, 5.74) is 1.20. The number of nitrogens with one attached hydrogen (secondary N) is 1. The van der Waals surface area contributed by atoms with Gasteiger partial charge in [0, 0.05) is 13.0 Å². The van der Waals surface area contributed by atoms with Crippen molar-refractivity contribution < 1.29 is 19.4 Å². The Balaban J connectivity index is 2.12. The molecule has 0 aliphatic carbocycles. The fourth-order valence-corrected chi connectivity index (χ4v) is 1.94. The van der Waals surface area contributed by atoms with Crippen molar-refractivity contribution in [2.45, 2.75) is 38.2 Å². The van der Waals surface area contributed by atoms with Gasteiger partial charge in [-0.05, 0) is 31.2 Å². The van der Waals surface area contributed by atoms with Crippen molar-refractivity contribution in [3.63, 3.8) is 0 Å². The van der Waals surface area contributed by atoms with Crippen LogP contribution in [0.4, 0.5) is 0 Å². The SMILES string of the molecule is COC(=O)CCCNC(=O)C(O)CCCc1ccccc1. The minimum absolute atomic E-state index is 0.265. The third-order valence-electron chi connectivity index (χ3n) is 3.17. The maximum absolute atomic E-state index is 11.6. The van der Waals surface area contributed by atoms with Gasteiger partial charge in [0.25, 0.3) is 0 Å². The number of hydrogen-bond acceptors (Lipinski definition) is 4. The number of esters is 1. The molecule has 5 nitrogen and oxygen atoms in total. The first-order valence-corrected chi connectivity index (χ1v) is 7.20. The molecular formula is C16H23NO4. The molecule has 0 heterocycles. The summed E-state index contributed by atoms with van der Waals surface area (Å²) in [6.07, 6.45) is 1.80. The van der Waals surface area contributed by atoms with Gasteiger partial charge in [0.1, 0.15) is 6.10 Å². The van der Waals surface area contributed by atoms with Crippen LogP contribution in [-0.4, -0.2) is 36.7 Å². The molecule has 2 N–H and O–H groups in total. The Hall–Kier alpha value is -1.88. The van der Waals surface area contributed by atoms with E-state index in [2.05, 4.69) is 10.1 Å². The lowest BCUT2D eigenvalue weighted by Gasteiger charge is -2.11. The molecule has 21 heavy (non-hydrogen) atoms. The number of aliphatic hydroxyl groups is 1. The molecule has 0 aromatic heterocycles. The van der Waals surface area contributed by atoms with Crippen LogP contribution in [0.2, 0.25) is 0 Å². The van der Waals surface area contributed by atoms with Gasteiger partial charge in [0.2, 0.25) is 5.91 Å². The second-order valence-corrected chi connectivity index (χ2v) is 4.86. The number of benzene rings is 1. The van der Waals surface area contributed by atoms with Crippen LogP contribution in [0.15, 0.2) is 30.3 Å². The second-order valence-electron chi connectivity index (χ2n) is 4.86. The van der Waals surface area contributed by atoms with Crippen molar-refractivity contribution in [2.24, 2.45) is 0 Å². The van der Waals surface area contributed by atoms with E-state index < -0.39 is 6.10 Å². The van der Waals surface area contributed by atoms with E-state index >= 15 is 0 Å². The summed E-state index contributed by atoms with van der Waals surface area (Å²) in [5, 5.41) is 12.4. The Bertz CT molecular complexity index is 433. The van der Waals surface area contributed by atoms with Crippen LogP contribution >= 0.6 is 0 Å². The molecule has 1 aromatic carbocycles. The molecule has 1 atom stereocenters. The minimum atomic E-state index is -0.994. The first kappa shape index (κ1) is 17.2. The highest BCUT2D eigenvalue weighted by atomic mass is 16.5. The largest absolute Gasteiger partial charge is 0.469 e. The van der Waals surface area contributed by atoms with Crippen LogP contribution in [0, 0.1) is 0 Å². The van der Waals surface area contributed by atoms with Crippen LogP contribution < -0.4 is 5.32 Å². The standard InChI is InChI=1S/C16H23NO4/c1-21-15(19)11-6-12-17-16(20)14(18)10-5-9-13-7-3-2-4-8-13/h2-4,7-8,14,18H,5-6,9-12H2,1H3,(H,17,20). The number of amides is 1. The Morgan fingerprint density at radius 2 is 1.95 bits per heavy atom. The van der Waals surface area contributed by atoms with Crippen molar-refractivity contribution in [3.05, 3.63) is 35.9 Å². The molecule has 1 aromatic rings. The zero-order valence-electron chi connectivity index (χ0n) is 12.4. The highest BCUT2D eigenvalue weighted by molar-refractivity contribution is 5.80. The van der Waals surface area contributed by atoms with Crippen LogP contribution in [0.5, 0.6) is 0 Å². The number of rotatable bonds is 9. The molecule has 1 amide bonds. The van der Waals surface area contributed by atoms with E-state index in [0.29, 0.717) is 19.4 Å². The van der Waals surface area contributed by atoms with Crippen LogP contribution in [0.3, 0.4) is 0 Å². The molecule has 0 saturated carbocycles. The predicted octanol–water partition coefficient (Wildman–Crippen LogP) is 1.44.